The predicted molar refractivity (Wildman–Crippen MR) is 71.6 cm³/mol. The molecule has 2 fully saturated rings. The summed E-state index contributed by atoms with van der Waals surface area (Å²) in [6, 6.07) is 0. The number of rotatable bonds is 3. The molecule has 2 aliphatic rings. The van der Waals surface area contributed by atoms with Crippen molar-refractivity contribution in [3.8, 4) is 0 Å². The summed E-state index contributed by atoms with van der Waals surface area (Å²) in [5.74, 6) is 0.596. The van der Waals surface area contributed by atoms with Crippen LogP contribution in [0.25, 0.3) is 0 Å². The Balaban J connectivity index is 1.77. The molecule has 1 unspecified atom stereocenters. The van der Waals surface area contributed by atoms with Crippen molar-refractivity contribution in [2.45, 2.75) is 45.6 Å². The molecule has 0 radical (unpaired) electrons. The molecule has 19 heavy (non-hydrogen) atoms. The number of carbonyl (C=O) groups excluding carboxylic acids is 2. The van der Waals surface area contributed by atoms with E-state index in [4.69, 9.17) is 4.74 Å². The van der Waals surface area contributed by atoms with Gasteiger partial charge in [0.05, 0.1) is 0 Å². The summed E-state index contributed by atoms with van der Waals surface area (Å²) in [5, 5.41) is 2.76. The van der Waals surface area contributed by atoms with Crippen LogP contribution in [-0.4, -0.2) is 42.6 Å². The van der Waals surface area contributed by atoms with Crippen LogP contribution >= 0.6 is 0 Å². The molecule has 1 saturated heterocycles. The number of nitrogens with zero attached hydrogens (tertiary/aromatic N) is 1. The van der Waals surface area contributed by atoms with Gasteiger partial charge in [-0.05, 0) is 51.4 Å². The molecule has 2 amide bonds. The van der Waals surface area contributed by atoms with E-state index in [2.05, 4.69) is 5.32 Å². The molecular formula is C14H24N2O3. The van der Waals surface area contributed by atoms with Gasteiger partial charge in [0.15, 0.2) is 0 Å². The molecular weight excluding hydrogens is 244 g/mol. The predicted octanol–water partition coefficient (Wildman–Crippen LogP) is 1.77. The molecule has 0 bridgehead atoms. The zero-order valence-corrected chi connectivity index (χ0v) is 12.1. The largest absolute Gasteiger partial charge is 0.444 e. The fourth-order valence-corrected chi connectivity index (χ4v) is 2.98. The highest BCUT2D eigenvalue weighted by molar-refractivity contribution is 5.68. The highest BCUT2D eigenvalue weighted by Crippen LogP contribution is 2.58. The summed E-state index contributed by atoms with van der Waals surface area (Å²) in [6.45, 7) is 7.98. The normalized spacial score (nSPS) is 25.0. The Morgan fingerprint density at radius 1 is 1.42 bits per heavy atom. The summed E-state index contributed by atoms with van der Waals surface area (Å²) < 4.78 is 5.39. The second-order valence-corrected chi connectivity index (χ2v) is 6.76. The molecule has 5 heteroatoms. The van der Waals surface area contributed by atoms with Crippen molar-refractivity contribution >= 4 is 12.5 Å². The number of likely N-dealkylation sites (tertiary alicyclic amines) is 1. The lowest BCUT2D eigenvalue weighted by molar-refractivity contribution is -0.109. The van der Waals surface area contributed by atoms with Crippen LogP contribution in [0.4, 0.5) is 4.79 Å². The lowest BCUT2D eigenvalue weighted by Gasteiger charge is -2.34. The van der Waals surface area contributed by atoms with Crippen LogP contribution in [0, 0.1) is 11.3 Å². The molecule has 1 aliphatic heterocycles. The number of hydrogen-bond donors (Lipinski definition) is 1. The van der Waals surface area contributed by atoms with Crippen molar-refractivity contribution < 1.29 is 14.3 Å². The molecule has 1 saturated carbocycles. The van der Waals surface area contributed by atoms with Crippen LogP contribution < -0.4 is 5.32 Å². The molecule has 0 aromatic carbocycles. The maximum atomic E-state index is 11.9. The van der Waals surface area contributed by atoms with E-state index in [1.54, 1.807) is 4.90 Å². The average Bonchev–Trinajstić information content (AvgIpc) is 2.98. The third-order valence-electron chi connectivity index (χ3n) is 4.22. The SMILES string of the molecule is CC(C)(C)OC(=O)N1CCC2(CC1)CC2CNC=O. The van der Waals surface area contributed by atoms with E-state index in [1.165, 1.54) is 6.42 Å². The van der Waals surface area contributed by atoms with Crippen molar-refractivity contribution in [2.75, 3.05) is 19.6 Å². The second kappa shape index (κ2) is 5.02. The van der Waals surface area contributed by atoms with E-state index in [9.17, 15) is 9.59 Å². The number of amides is 2. The Kier molecular flexibility index (Phi) is 3.74. The van der Waals surface area contributed by atoms with E-state index in [1.807, 2.05) is 20.8 Å². The quantitative estimate of drug-likeness (QED) is 0.794. The monoisotopic (exact) mass is 268 g/mol. The molecule has 1 spiro atoms. The molecule has 2 rings (SSSR count). The summed E-state index contributed by atoms with van der Waals surface area (Å²) in [5.41, 5.74) is -0.0588. The first-order valence-electron chi connectivity index (χ1n) is 7.01. The van der Waals surface area contributed by atoms with Gasteiger partial charge in [-0.25, -0.2) is 4.79 Å². The fourth-order valence-electron chi connectivity index (χ4n) is 2.98. The third-order valence-corrected chi connectivity index (χ3v) is 4.22. The van der Waals surface area contributed by atoms with Gasteiger partial charge < -0.3 is 15.0 Å². The number of carbonyl (C=O) groups is 2. The minimum absolute atomic E-state index is 0.203. The highest BCUT2D eigenvalue weighted by atomic mass is 16.6. The molecule has 5 nitrogen and oxygen atoms in total. The number of nitrogens with one attached hydrogen (secondary N) is 1. The standard InChI is InChI=1S/C14H24N2O3/c1-13(2,3)19-12(18)16-6-4-14(5-7-16)8-11(14)9-15-10-17/h10-11H,4-9H2,1-3H3,(H,15,17). The van der Waals surface area contributed by atoms with E-state index in [0.717, 1.165) is 38.9 Å². The van der Waals surface area contributed by atoms with Crippen molar-refractivity contribution in [3.63, 3.8) is 0 Å². The Hall–Kier alpha value is -1.26. The number of ether oxygens (including phenoxy) is 1. The van der Waals surface area contributed by atoms with Gasteiger partial charge in [-0.2, -0.15) is 0 Å². The van der Waals surface area contributed by atoms with Crippen LogP contribution in [-0.2, 0) is 9.53 Å². The van der Waals surface area contributed by atoms with E-state index >= 15 is 0 Å². The van der Waals surface area contributed by atoms with Gasteiger partial charge in [0, 0.05) is 19.6 Å². The Bertz CT molecular complexity index is 354. The first-order valence-corrected chi connectivity index (χ1v) is 7.01. The zero-order chi connectivity index (χ0) is 14.1. The third kappa shape index (κ3) is 3.39. The van der Waals surface area contributed by atoms with Crippen LogP contribution in [0.3, 0.4) is 0 Å². The van der Waals surface area contributed by atoms with Crippen LogP contribution in [0.15, 0.2) is 0 Å². The summed E-state index contributed by atoms with van der Waals surface area (Å²) in [4.78, 5) is 24.1. The second-order valence-electron chi connectivity index (χ2n) is 6.76. The Morgan fingerprint density at radius 3 is 2.58 bits per heavy atom. The van der Waals surface area contributed by atoms with Crippen molar-refractivity contribution in [2.24, 2.45) is 11.3 Å². The van der Waals surface area contributed by atoms with Gasteiger partial charge >= 0.3 is 6.09 Å². The first-order chi connectivity index (χ1) is 8.86. The highest BCUT2D eigenvalue weighted by Gasteiger charge is 2.54. The molecule has 0 aromatic rings. The van der Waals surface area contributed by atoms with Gasteiger partial charge in [0.25, 0.3) is 0 Å². The van der Waals surface area contributed by atoms with Gasteiger partial charge in [-0.15, -0.1) is 0 Å². The minimum atomic E-state index is -0.428. The molecule has 1 heterocycles. The Labute approximate surface area is 114 Å². The maximum Gasteiger partial charge on any atom is 0.410 e. The molecule has 1 N–H and O–H groups in total. The number of hydrogen-bond acceptors (Lipinski definition) is 3. The fraction of sp³-hybridized carbons (Fsp3) is 0.857. The van der Waals surface area contributed by atoms with E-state index in [-0.39, 0.29) is 6.09 Å². The molecule has 0 aromatic heterocycles. The van der Waals surface area contributed by atoms with Gasteiger partial charge in [-0.1, -0.05) is 0 Å². The van der Waals surface area contributed by atoms with Gasteiger partial charge in [0.1, 0.15) is 5.60 Å². The van der Waals surface area contributed by atoms with Crippen LogP contribution in [0.5, 0.6) is 0 Å². The Morgan fingerprint density at radius 2 is 2.05 bits per heavy atom. The van der Waals surface area contributed by atoms with E-state index < -0.39 is 5.60 Å². The van der Waals surface area contributed by atoms with Crippen molar-refractivity contribution in [1.82, 2.24) is 10.2 Å². The van der Waals surface area contributed by atoms with Crippen LogP contribution in [0.1, 0.15) is 40.0 Å². The van der Waals surface area contributed by atoms with Crippen molar-refractivity contribution in [3.05, 3.63) is 0 Å². The minimum Gasteiger partial charge on any atom is -0.444 e. The van der Waals surface area contributed by atoms with Crippen LogP contribution in [0.2, 0.25) is 0 Å². The molecule has 108 valence electrons. The number of piperidine rings is 1. The molecule has 1 aliphatic carbocycles. The summed E-state index contributed by atoms with van der Waals surface area (Å²) in [6.07, 6.45) is 3.79. The zero-order valence-electron chi connectivity index (χ0n) is 12.1. The lowest BCUT2D eigenvalue weighted by Crippen LogP contribution is -2.42. The summed E-state index contributed by atoms with van der Waals surface area (Å²) >= 11 is 0. The molecule has 1 atom stereocenters. The van der Waals surface area contributed by atoms with Gasteiger partial charge in [-0.3, -0.25) is 4.79 Å². The summed E-state index contributed by atoms with van der Waals surface area (Å²) in [7, 11) is 0. The average molecular weight is 268 g/mol. The van der Waals surface area contributed by atoms with Crippen molar-refractivity contribution in [1.29, 1.82) is 0 Å². The smallest absolute Gasteiger partial charge is 0.410 e. The topological polar surface area (TPSA) is 58.6 Å². The van der Waals surface area contributed by atoms with Gasteiger partial charge in [0.2, 0.25) is 6.41 Å². The maximum absolute atomic E-state index is 11.9. The lowest BCUT2D eigenvalue weighted by atomic mass is 9.91. The first kappa shape index (κ1) is 14.2. The van der Waals surface area contributed by atoms with E-state index in [0.29, 0.717) is 11.3 Å².